The summed E-state index contributed by atoms with van der Waals surface area (Å²) in [6.07, 6.45) is 2.93. The first-order chi connectivity index (χ1) is 14.9. The van der Waals surface area contributed by atoms with Crippen LogP contribution in [0.4, 0.5) is 4.39 Å². The molecule has 0 aliphatic carbocycles. The van der Waals surface area contributed by atoms with Gasteiger partial charge in [0.25, 0.3) is 11.5 Å². The van der Waals surface area contributed by atoms with Gasteiger partial charge in [0.2, 0.25) is 0 Å². The van der Waals surface area contributed by atoms with E-state index in [0.29, 0.717) is 30.0 Å². The molecule has 1 N–H and O–H groups in total. The van der Waals surface area contributed by atoms with E-state index in [2.05, 4.69) is 15.0 Å². The van der Waals surface area contributed by atoms with Gasteiger partial charge in [-0.1, -0.05) is 6.07 Å². The van der Waals surface area contributed by atoms with Crippen molar-refractivity contribution in [3.63, 3.8) is 0 Å². The summed E-state index contributed by atoms with van der Waals surface area (Å²) in [5.41, 5.74) is 0.873. The van der Waals surface area contributed by atoms with Gasteiger partial charge in [-0.3, -0.25) is 14.7 Å². The number of benzene rings is 1. The van der Waals surface area contributed by atoms with Crippen LogP contribution in [0.15, 0.2) is 41.5 Å². The number of nitrogens with one attached hydrogen (secondary N) is 1. The lowest BCUT2D eigenvalue weighted by atomic mass is 10.0. The monoisotopic (exact) mass is 420 g/mol. The van der Waals surface area contributed by atoms with Crippen molar-refractivity contribution in [1.29, 1.82) is 5.26 Å². The van der Waals surface area contributed by atoms with Crippen LogP contribution in [0, 0.1) is 24.1 Å². The van der Waals surface area contributed by atoms with Crippen molar-refractivity contribution in [2.75, 3.05) is 33.2 Å². The number of aromatic nitrogens is 3. The number of hydrogen-bond donors (Lipinski definition) is 1. The van der Waals surface area contributed by atoms with Crippen molar-refractivity contribution in [1.82, 2.24) is 24.6 Å². The predicted octanol–water partition coefficient (Wildman–Crippen LogP) is 1.93. The molecule has 8 nitrogen and oxygen atoms in total. The average molecular weight is 420 g/mol. The molecule has 1 fully saturated rings. The van der Waals surface area contributed by atoms with E-state index in [1.54, 1.807) is 29.2 Å². The normalized spacial score (nSPS) is 14.5. The van der Waals surface area contributed by atoms with Crippen LogP contribution in [0.5, 0.6) is 0 Å². The molecule has 1 amide bonds. The molecule has 1 saturated heterocycles. The van der Waals surface area contributed by atoms with Gasteiger partial charge in [-0.05, 0) is 43.3 Å². The highest BCUT2D eigenvalue weighted by Gasteiger charge is 2.21. The third-order valence-corrected chi connectivity index (χ3v) is 5.58. The summed E-state index contributed by atoms with van der Waals surface area (Å²) in [6.45, 7) is 4.51. The summed E-state index contributed by atoms with van der Waals surface area (Å²) < 4.78 is 15.5. The smallest absolute Gasteiger partial charge is 0.280 e. The zero-order chi connectivity index (χ0) is 22.1. The molecule has 3 aromatic rings. The number of hydrogen-bond acceptors (Lipinski definition) is 5. The first-order valence-corrected chi connectivity index (χ1v) is 9.85. The zero-order valence-electron chi connectivity index (χ0n) is 17.2. The number of carbonyl (C=O) groups is 1. The van der Waals surface area contributed by atoms with Gasteiger partial charge in [0.15, 0.2) is 5.82 Å². The van der Waals surface area contributed by atoms with Crippen molar-refractivity contribution in [2.45, 2.75) is 6.92 Å². The molecule has 0 radical (unpaired) electrons. The van der Waals surface area contributed by atoms with E-state index in [9.17, 15) is 14.0 Å². The van der Waals surface area contributed by atoms with Crippen LogP contribution >= 0.6 is 0 Å². The molecule has 1 aromatic carbocycles. The predicted molar refractivity (Wildman–Crippen MR) is 112 cm³/mol. The molecule has 4 rings (SSSR count). The number of halogens is 1. The van der Waals surface area contributed by atoms with Gasteiger partial charge in [-0.2, -0.15) is 5.26 Å². The fraction of sp³-hybridized carbons (Fsp3) is 0.273. The van der Waals surface area contributed by atoms with Gasteiger partial charge in [-0.15, -0.1) is 0 Å². The van der Waals surface area contributed by atoms with Crippen LogP contribution in [0.3, 0.4) is 0 Å². The van der Waals surface area contributed by atoms with Gasteiger partial charge in [0, 0.05) is 38.6 Å². The van der Waals surface area contributed by atoms with Crippen molar-refractivity contribution in [3.8, 4) is 23.0 Å². The Bertz CT molecular complexity index is 1230. The van der Waals surface area contributed by atoms with E-state index < -0.39 is 11.4 Å². The van der Waals surface area contributed by atoms with E-state index in [1.165, 1.54) is 30.1 Å². The molecule has 0 spiro atoms. The molecular weight excluding hydrogens is 399 g/mol. The van der Waals surface area contributed by atoms with Crippen LogP contribution < -0.4 is 5.56 Å². The molecule has 0 bridgehead atoms. The SMILES string of the molecule is Cc1c(-c2c[nH]n(-c3ccc(C(=O)N4CCN(C)CC4)cn3)c2=O)ccc(C#N)c1F. The Hall–Kier alpha value is -3.77. The lowest BCUT2D eigenvalue weighted by Crippen LogP contribution is -2.47. The number of likely N-dealkylation sites (N-methyl/N-ethyl adjacent to an activating group) is 1. The Kier molecular flexibility index (Phi) is 5.40. The van der Waals surface area contributed by atoms with Crippen LogP contribution in [0.2, 0.25) is 0 Å². The number of pyridine rings is 1. The fourth-order valence-corrected chi connectivity index (χ4v) is 3.63. The van der Waals surface area contributed by atoms with Crippen molar-refractivity contribution in [3.05, 3.63) is 69.5 Å². The molecule has 1 aliphatic rings. The minimum absolute atomic E-state index is 0.0700. The van der Waals surface area contributed by atoms with Crippen LogP contribution in [-0.4, -0.2) is 63.7 Å². The fourth-order valence-electron chi connectivity index (χ4n) is 3.63. The van der Waals surface area contributed by atoms with Crippen LogP contribution in [0.1, 0.15) is 21.5 Å². The summed E-state index contributed by atoms with van der Waals surface area (Å²) in [5.74, 6) is -0.412. The lowest BCUT2D eigenvalue weighted by Gasteiger charge is -2.32. The summed E-state index contributed by atoms with van der Waals surface area (Å²) in [4.78, 5) is 33.8. The molecule has 0 saturated carbocycles. The van der Waals surface area contributed by atoms with Gasteiger partial charge in [0.1, 0.15) is 11.9 Å². The Morgan fingerprint density at radius 2 is 1.90 bits per heavy atom. The van der Waals surface area contributed by atoms with Gasteiger partial charge in [-0.25, -0.2) is 14.1 Å². The maximum Gasteiger partial charge on any atom is 0.280 e. The van der Waals surface area contributed by atoms with Gasteiger partial charge in [0.05, 0.1) is 16.7 Å². The zero-order valence-corrected chi connectivity index (χ0v) is 17.2. The van der Waals surface area contributed by atoms with Gasteiger partial charge >= 0.3 is 0 Å². The summed E-state index contributed by atoms with van der Waals surface area (Å²) in [5, 5.41) is 11.8. The third-order valence-electron chi connectivity index (χ3n) is 5.58. The van der Waals surface area contributed by atoms with E-state index in [0.717, 1.165) is 13.1 Å². The Morgan fingerprint density at radius 3 is 2.55 bits per heavy atom. The Morgan fingerprint density at radius 1 is 1.16 bits per heavy atom. The number of nitriles is 1. The number of aromatic amines is 1. The highest BCUT2D eigenvalue weighted by Crippen LogP contribution is 2.24. The Balaban J connectivity index is 1.60. The molecule has 158 valence electrons. The number of carbonyl (C=O) groups excluding carboxylic acids is 1. The van der Waals surface area contributed by atoms with Crippen molar-refractivity contribution < 1.29 is 9.18 Å². The number of amides is 1. The van der Waals surface area contributed by atoms with E-state index in [4.69, 9.17) is 5.26 Å². The molecule has 2 aromatic heterocycles. The Labute approximate surface area is 178 Å². The quantitative estimate of drug-likeness (QED) is 0.698. The second kappa shape index (κ2) is 8.16. The first-order valence-electron chi connectivity index (χ1n) is 9.85. The topological polar surface area (TPSA) is 98.0 Å². The number of piperazine rings is 1. The highest BCUT2D eigenvalue weighted by atomic mass is 19.1. The summed E-state index contributed by atoms with van der Waals surface area (Å²) >= 11 is 0. The molecule has 0 atom stereocenters. The molecule has 0 unspecified atom stereocenters. The number of H-pyrrole nitrogens is 1. The summed E-state index contributed by atoms with van der Waals surface area (Å²) in [6, 6.07) is 7.93. The van der Waals surface area contributed by atoms with E-state index in [1.807, 2.05) is 7.05 Å². The number of rotatable bonds is 3. The minimum Gasteiger partial charge on any atom is -0.336 e. The van der Waals surface area contributed by atoms with Crippen molar-refractivity contribution in [2.24, 2.45) is 0 Å². The van der Waals surface area contributed by atoms with Crippen molar-refractivity contribution >= 4 is 5.91 Å². The first kappa shape index (κ1) is 20.5. The van der Waals surface area contributed by atoms with Gasteiger partial charge < -0.3 is 9.80 Å². The van der Waals surface area contributed by atoms with E-state index in [-0.39, 0.29) is 22.6 Å². The third kappa shape index (κ3) is 3.73. The highest BCUT2D eigenvalue weighted by molar-refractivity contribution is 5.94. The van der Waals surface area contributed by atoms with Crippen LogP contribution in [-0.2, 0) is 0 Å². The second-order valence-corrected chi connectivity index (χ2v) is 7.54. The van der Waals surface area contributed by atoms with E-state index >= 15 is 0 Å². The largest absolute Gasteiger partial charge is 0.336 e. The molecule has 9 heteroatoms. The minimum atomic E-state index is -0.642. The molecule has 1 aliphatic heterocycles. The summed E-state index contributed by atoms with van der Waals surface area (Å²) in [7, 11) is 2.02. The molecular formula is C22H21FN6O2. The maximum atomic E-state index is 14.3. The van der Waals surface area contributed by atoms with Crippen LogP contribution in [0.25, 0.3) is 16.9 Å². The average Bonchev–Trinajstić information content (AvgIpc) is 3.17. The lowest BCUT2D eigenvalue weighted by molar-refractivity contribution is 0.0663. The number of nitrogens with zero attached hydrogens (tertiary/aromatic N) is 5. The standard InChI is InChI=1S/C22H21FN6O2/c1-14-17(5-3-15(11-24)20(14)23)18-13-26-29(22(18)31)19-6-4-16(12-25-19)21(30)28-9-7-27(2)8-10-28/h3-6,12-13,26H,7-10H2,1-2H3. The maximum absolute atomic E-state index is 14.3. The molecule has 31 heavy (non-hydrogen) atoms. The second-order valence-electron chi connectivity index (χ2n) is 7.54. The molecule has 3 heterocycles.